The van der Waals surface area contributed by atoms with E-state index in [9.17, 15) is 28.3 Å². The molecule has 14 nitrogen and oxygen atoms in total. The Bertz CT molecular complexity index is 2220. The second kappa shape index (κ2) is 14.2. The topological polar surface area (TPSA) is 163 Å². The number of hydrogen-bond donors (Lipinski definition) is 2. The van der Waals surface area contributed by atoms with Gasteiger partial charge in [0, 0.05) is 43.5 Å². The van der Waals surface area contributed by atoms with Gasteiger partial charge in [0.25, 0.3) is 17.7 Å². The van der Waals surface area contributed by atoms with Crippen molar-refractivity contribution in [1.82, 2.24) is 34.5 Å². The van der Waals surface area contributed by atoms with Crippen LogP contribution in [0.5, 0.6) is 5.75 Å². The van der Waals surface area contributed by atoms with Gasteiger partial charge in [-0.1, -0.05) is 49.7 Å². The summed E-state index contributed by atoms with van der Waals surface area (Å²) in [4.78, 5) is 59.3. The molecule has 0 saturated carbocycles. The molecule has 2 aromatic carbocycles. The van der Waals surface area contributed by atoms with Crippen LogP contribution in [-0.2, 0) is 10.7 Å². The molecule has 0 radical (unpaired) electrons. The second-order valence-electron chi connectivity index (χ2n) is 13.0. The maximum Gasteiger partial charge on any atom is 0.276 e. The number of benzene rings is 2. The number of aromatic nitrogens is 5. The van der Waals surface area contributed by atoms with Gasteiger partial charge in [-0.05, 0) is 31.5 Å². The first-order valence-electron chi connectivity index (χ1n) is 17.2. The van der Waals surface area contributed by atoms with E-state index in [0.717, 1.165) is 11.5 Å². The van der Waals surface area contributed by atoms with Crippen LogP contribution in [-0.4, -0.2) is 102 Å². The summed E-state index contributed by atoms with van der Waals surface area (Å²) in [5, 5.41) is 18.5. The number of anilines is 2. The molecule has 2 unspecified atom stereocenters. The average molecular weight is 748 g/mol. The van der Waals surface area contributed by atoms with Crippen LogP contribution in [0, 0.1) is 6.92 Å². The van der Waals surface area contributed by atoms with Crippen LogP contribution in [0.1, 0.15) is 53.2 Å². The number of amides is 2. The molecule has 0 bridgehead atoms. The Morgan fingerprint density at radius 1 is 1.09 bits per heavy atom. The first-order valence-corrected chi connectivity index (χ1v) is 17.6. The fraction of sp³-hybridized carbons (Fsp3) is 0.361. The molecule has 7 rings (SSSR count). The van der Waals surface area contributed by atoms with Crippen LogP contribution >= 0.6 is 11.6 Å². The summed E-state index contributed by atoms with van der Waals surface area (Å²) in [5.74, 6) is -4.30. The largest absolute Gasteiger partial charge is 0.504 e. The minimum absolute atomic E-state index is 0.0436. The summed E-state index contributed by atoms with van der Waals surface area (Å²) < 4.78 is 35.6. The van der Waals surface area contributed by atoms with Crippen LogP contribution in [0.15, 0.2) is 59.5 Å². The van der Waals surface area contributed by atoms with Gasteiger partial charge >= 0.3 is 0 Å². The molecule has 276 valence electrons. The maximum atomic E-state index is 14.4. The molecule has 2 atom stereocenters. The van der Waals surface area contributed by atoms with E-state index in [2.05, 4.69) is 20.4 Å². The molecule has 0 aliphatic carbocycles. The number of aryl methyl sites for hydroxylation is 1. The van der Waals surface area contributed by atoms with Gasteiger partial charge in [0.05, 0.1) is 28.0 Å². The third-order valence-electron chi connectivity index (χ3n) is 9.84. The van der Waals surface area contributed by atoms with E-state index in [4.69, 9.17) is 21.0 Å². The zero-order valence-corrected chi connectivity index (χ0v) is 29.8. The number of carbonyl (C=O) groups is 3. The minimum Gasteiger partial charge on any atom is -0.504 e. The van der Waals surface area contributed by atoms with Crippen LogP contribution in [0.3, 0.4) is 0 Å². The van der Waals surface area contributed by atoms with Gasteiger partial charge in [0.1, 0.15) is 30.8 Å². The molecule has 5 aromatic rings. The van der Waals surface area contributed by atoms with Crippen LogP contribution in [0.25, 0.3) is 22.4 Å². The van der Waals surface area contributed by atoms with Crippen LogP contribution in [0.2, 0.25) is 5.02 Å². The predicted octanol–water partition coefficient (Wildman–Crippen LogP) is 5.35. The molecule has 3 aromatic heterocycles. The van der Waals surface area contributed by atoms with Crippen molar-refractivity contribution >= 4 is 51.9 Å². The monoisotopic (exact) mass is 747 g/mol. The van der Waals surface area contributed by atoms with E-state index < -0.39 is 36.2 Å². The molecule has 53 heavy (non-hydrogen) atoms. The lowest BCUT2D eigenvalue weighted by Gasteiger charge is -2.46. The van der Waals surface area contributed by atoms with Crippen molar-refractivity contribution in [2.24, 2.45) is 0 Å². The Hall–Kier alpha value is -5.48. The van der Waals surface area contributed by atoms with Gasteiger partial charge < -0.3 is 24.6 Å². The Morgan fingerprint density at radius 3 is 2.57 bits per heavy atom. The Labute approximate surface area is 307 Å². The molecule has 5 heterocycles. The average Bonchev–Trinajstić information content (AvgIpc) is 3.80. The van der Waals surface area contributed by atoms with Crippen molar-refractivity contribution in [3.63, 3.8) is 0 Å². The molecule has 2 aliphatic rings. The highest BCUT2D eigenvalue weighted by Crippen LogP contribution is 2.37. The highest BCUT2D eigenvalue weighted by atomic mass is 35.5. The second-order valence-corrected chi connectivity index (χ2v) is 13.4. The summed E-state index contributed by atoms with van der Waals surface area (Å²) in [6.45, 7) is 5.66. The lowest BCUT2D eigenvalue weighted by Crippen LogP contribution is -2.65. The third kappa shape index (κ3) is 6.56. The maximum absolute atomic E-state index is 14.4. The van der Waals surface area contributed by atoms with Crippen molar-refractivity contribution in [2.45, 2.75) is 51.6 Å². The number of alkyl halides is 2. The van der Waals surface area contributed by atoms with E-state index in [1.807, 2.05) is 30.0 Å². The number of fused-ring (bicyclic) bond motifs is 2. The quantitative estimate of drug-likeness (QED) is 0.200. The van der Waals surface area contributed by atoms with E-state index in [-0.39, 0.29) is 70.7 Å². The Balaban J connectivity index is 1.19. The fourth-order valence-corrected chi connectivity index (χ4v) is 7.14. The molecular formula is C36H36ClF2N9O5. The highest BCUT2D eigenvalue weighted by Gasteiger charge is 2.46. The van der Waals surface area contributed by atoms with Crippen molar-refractivity contribution in [3.8, 4) is 17.1 Å². The van der Waals surface area contributed by atoms with Gasteiger partial charge in [-0.2, -0.15) is 9.67 Å². The standard InChI is InChI=1S/C36H36ClF2N9O5/c1-4-26-30(45-12-14-46(15-13-45)33(51)29-31(50)20(3)40-19-41-29)34(52)48-35(43-32(44-48)23-18-53-27-9-7-6-8-22(23)27)47(26)17-28(49)42-25-11-10-21(16-24(25)37)36(38,39)5-2/h6-11,16,18-19,26,30,50H,4-5,12-15,17H2,1-3H3,(H,42,49). The number of para-hydroxylation sites is 1. The normalized spacial score (nSPS) is 18.0. The van der Waals surface area contributed by atoms with Crippen molar-refractivity contribution in [3.05, 3.63) is 77.0 Å². The number of rotatable bonds is 9. The third-order valence-corrected chi connectivity index (χ3v) is 10.2. The molecule has 1 saturated heterocycles. The smallest absolute Gasteiger partial charge is 0.276 e. The van der Waals surface area contributed by atoms with Gasteiger partial charge in [0.15, 0.2) is 17.3 Å². The summed E-state index contributed by atoms with van der Waals surface area (Å²) >= 11 is 6.36. The van der Waals surface area contributed by atoms with E-state index in [1.54, 1.807) is 22.8 Å². The fourth-order valence-electron chi connectivity index (χ4n) is 6.91. The number of nitrogens with zero attached hydrogens (tertiary/aromatic N) is 8. The summed E-state index contributed by atoms with van der Waals surface area (Å²) in [5.41, 5.74) is 1.26. The summed E-state index contributed by atoms with van der Waals surface area (Å²) in [6.07, 6.45) is 2.76. The number of nitrogens with one attached hydrogen (secondary N) is 1. The summed E-state index contributed by atoms with van der Waals surface area (Å²) in [6, 6.07) is 9.70. The molecule has 17 heteroatoms. The van der Waals surface area contributed by atoms with E-state index in [0.29, 0.717) is 30.7 Å². The summed E-state index contributed by atoms with van der Waals surface area (Å²) in [7, 11) is 0. The SMILES string of the molecule is CCC1C(N2CCN(C(=O)c3ncnc(C)c3O)CC2)C(=O)n2nc(-c3coc4ccccc34)nc2N1CC(=O)Nc1ccc(C(F)(F)CC)cc1Cl. The zero-order valence-electron chi connectivity index (χ0n) is 29.1. The predicted molar refractivity (Wildman–Crippen MR) is 191 cm³/mol. The molecule has 2 amide bonds. The van der Waals surface area contributed by atoms with Crippen LogP contribution < -0.4 is 10.2 Å². The van der Waals surface area contributed by atoms with E-state index in [1.165, 1.54) is 36.3 Å². The minimum atomic E-state index is -3.08. The van der Waals surface area contributed by atoms with Crippen molar-refractivity contribution in [2.75, 3.05) is 42.9 Å². The number of piperazine rings is 1. The molecule has 1 fully saturated rings. The molecule has 2 aliphatic heterocycles. The van der Waals surface area contributed by atoms with Gasteiger partial charge in [-0.25, -0.2) is 18.7 Å². The number of aromatic hydroxyl groups is 1. The number of halogens is 3. The highest BCUT2D eigenvalue weighted by molar-refractivity contribution is 6.33. The lowest BCUT2D eigenvalue weighted by atomic mass is 9.98. The molecular weight excluding hydrogens is 712 g/mol. The zero-order chi connectivity index (χ0) is 37.6. The van der Waals surface area contributed by atoms with Crippen molar-refractivity contribution in [1.29, 1.82) is 0 Å². The molecule has 0 spiro atoms. The number of furan rings is 1. The molecule has 2 N–H and O–H groups in total. The Kier molecular flexibility index (Phi) is 9.59. The van der Waals surface area contributed by atoms with Gasteiger partial charge in [-0.3, -0.25) is 19.3 Å². The van der Waals surface area contributed by atoms with Crippen molar-refractivity contribution < 1.29 is 32.7 Å². The van der Waals surface area contributed by atoms with E-state index >= 15 is 0 Å². The Morgan fingerprint density at radius 2 is 1.85 bits per heavy atom. The number of hydrogen-bond acceptors (Lipinski definition) is 11. The van der Waals surface area contributed by atoms with Crippen LogP contribution in [0.4, 0.5) is 20.4 Å². The first kappa shape index (κ1) is 35.9. The first-order chi connectivity index (χ1) is 25.4. The van der Waals surface area contributed by atoms with Gasteiger partial charge in [0.2, 0.25) is 11.9 Å². The van der Waals surface area contributed by atoms with Gasteiger partial charge in [-0.15, -0.1) is 5.10 Å². The number of carbonyl (C=O) groups excluding carboxylic acids is 3. The lowest BCUT2D eigenvalue weighted by molar-refractivity contribution is -0.115.